The third kappa shape index (κ3) is 5.04. The van der Waals surface area contributed by atoms with E-state index in [1.807, 2.05) is 19.6 Å². The van der Waals surface area contributed by atoms with Crippen molar-refractivity contribution in [1.82, 2.24) is 9.80 Å². The van der Waals surface area contributed by atoms with E-state index >= 15 is 0 Å². The number of amidine groups is 1. The first kappa shape index (κ1) is 20.2. The van der Waals surface area contributed by atoms with Crippen LogP contribution in [0.5, 0.6) is 0 Å². The van der Waals surface area contributed by atoms with Gasteiger partial charge in [-0.05, 0) is 37.5 Å². The molecule has 0 spiro atoms. The predicted octanol–water partition coefficient (Wildman–Crippen LogP) is 3.37. The van der Waals surface area contributed by atoms with E-state index in [4.69, 9.17) is 10.00 Å². The summed E-state index contributed by atoms with van der Waals surface area (Å²) < 4.78 is 6.03. The molecule has 1 aliphatic heterocycles. The average Bonchev–Trinajstić information content (AvgIpc) is 2.73. The Balaban J connectivity index is 1.52. The maximum atomic E-state index is 8.83. The lowest BCUT2D eigenvalue weighted by molar-refractivity contribution is -0.0575. The van der Waals surface area contributed by atoms with E-state index in [9.17, 15) is 0 Å². The Kier molecular flexibility index (Phi) is 7.17. The molecule has 27 heavy (non-hydrogen) atoms. The third-order valence-corrected chi connectivity index (χ3v) is 6.81. The summed E-state index contributed by atoms with van der Waals surface area (Å²) in [6.45, 7) is 4.01. The summed E-state index contributed by atoms with van der Waals surface area (Å²) in [5, 5.41) is 9.68. The van der Waals surface area contributed by atoms with Crippen molar-refractivity contribution in [3.63, 3.8) is 0 Å². The second-order valence-corrected chi connectivity index (χ2v) is 8.28. The summed E-state index contributed by atoms with van der Waals surface area (Å²) in [6.07, 6.45) is 9.55. The molecule has 146 valence electrons. The van der Waals surface area contributed by atoms with E-state index in [1.54, 1.807) is 11.8 Å². The number of rotatable bonds is 4. The summed E-state index contributed by atoms with van der Waals surface area (Å²) >= 11 is 1.56. The zero-order chi connectivity index (χ0) is 19.1. The molecule has 2 fully saturated rings. The molecule has 1 heterocycles. The Morgan fingerprint density at radius 3 is 2.44 bits per heavy atom. The highest BCUT2D eigenvalue weighted by Gasteiger charge is 2.38. The molecule has 1 saturated carbocycles. The number of thioether (sulfide) groups is 1. The van der Waals surface area contributed by atoms with Crippen LogP contribution in [-0.2, 0) is 11.2 Å². The molecule has 1 saturated heterocycles. The van der Waals surface area contributed by atoms with E-state index in [0.29, 0.717) is 6.04 Å². The minimum Gasteiger partial charge on any atom is -0.378 e. The lowest BCUT2D eigenvalue weighted by atomic mass is 9.77. The molecule has 3 rings (SSSR count). The zero-order valence-corrected chi connectivity index (χ0v) is 17.2. The number of aliphatic imine (C=N–C) groups is 1. The molecule has 0 N–H and O–H groups in total. The fraction of sp³-hybridized carbons (Fsp3) is 0.619. The van der Waals surface area contributed by atoms with Gasteiger partial charge < -0.3 is 9.64 Å². The molecule has 0 unspecified atom stereocenters. The van der Waals surface area contributed by atoms with Crippen molar-refractivity contribution < 1.29 is 4.74 Å². The summed E-state index contributed by atoms with van der Waals surface area (Å²) in [4.78, 5) is 8.82. The second-order valence-electron chi connectivity index (χ2n) is 7.50. The molecule has 6 heteroatoms. The fourth-order valence-electron chi connectivity index (χ4n) is 4.48. The number of hydrogen-bond acceptors (Lipinski definition) is 5. The first-order chi connectivity index (χ1) is 13.2. The van der Waals surface area contributed by atoms with Crippen LogP contribution in [0.15, 0.2) is 35.3 Å². The zero-order valence-electron chi connectivity index (χ0n) is 16.4. The van der Waals surface area contributed by atoms with Gasteiger partial charge in [0.25, 0.3) is 0 Å². The van der Waals surface area contributed by atoms with Gasteiger partial charge in [-0.3, -0.25) is 4.90 Å². The average molecular weight is 387 g/mol. The van der Waals surface area contributed by atoms with Crippen LogP contribution in [0.1, 0.15) is 31.2 Å². The van der Waals surface area contributed by atoms with Crippen LogP contribution in [-0.4, -0.2) is 66.2 Å². The molecule has 5 nitrogen and oxygen atoms in total. The van der Waals surface area contributed by atoms with Crippen molar-refractivity contribution in [3.05, 3.63) is 35.9 Å². The second kappa shape index (κ2) is 9.59. The first-order valence-corrected chi connectivity index (χ1v) is 11.0. The molecule has 0 radical (unpaired) electrons. The number of nitrogens with zero attached hydrogens (tertiary/aromatic N) is 4. The smallest absolute Gasteiger partial charge is 0.208 e. The van der Waals surface area contributed by atoms with E-state index in [1.165, 1.54) is 18.4 Å². The lowest BCUT2D eigenvalue weighted by Crippen LogP contribution is -2.53. The Bertz CT molecular complexity index is 657. The summed E-state index contributed by atoms with van der Waals surface area (Å²) in [7, 11) is 1.88. The van der Waals surface area contributed by atoms with Gasteiger partial charge in [-0.1, -0.05) is 42.1 Å². The summed E-state index contributed by atoms with van der Waals surface area (Å²) in [6, 6.07) is 11.4. The van der Waals surface area contributed by atoms with Crippen LogP contribution in [0.3, 0.4) is 0 Å². The van der Waals surface area contributed by atoms with E-state index in [2.05, 4.69) is 45.1 Å². The molecule has 2 aliphatic rings. The van der Waals surface area contributed by atoms with Crippen LogP contribution >= 0.6 is 11.8 Å². The number of methoxy groups -OCH3 is 1. The van der Waals surface area contributed by atoms with Crippen LogP contribution < -0.4 is 0 Å². The molecule has 1 aliphatic carbocycles. The SMILES string of the molecule is COC1(Cc2ccccc2)CCC(N2CCN(C(=NC#N)SC)CC2)CC1. The molecular weight excluding hydrogens is 356 g/mol. The van der Waals surface area contributed by atoms with Crippen LogP contribution in [0.2, 0.25) is 0 Å². The minimum absolute atomic E-state index is 0.00878. The van der Waals surface area contributed by atoms with Crippen LogP contribution in [0.25, 0.3) is 0 Å². The monoisotopic (exact) mass is 386 g/mol. The van der Waals surface area contributed by atoms with Crippen molar-refractivity contribution in [3.8, 4) is 6.19 Å². The molecule has 0 aromatic heterocycles. The number of nitriles is 1. The van der Waals surface area contributed by atoms with Crippen molar-refractivity contribution >= 4 is 16.9 Å². The van der Waals surface area contributed by atoms with Crippen LogP contribution in [0.4, 0.5) is 0 Å². The lowest BCUT2D eigenvalue weighted by Gasteiger charge is -2.45. The molecule has 0 atom stereocenters. The van der Waals surface area contributed by atoms with Crippen molar-refractivity contribution in [2.24, 2.45) is 4.99 Å². The number of ether oxygens (including phenoxy) is 1. The standard InChI is InChI=1S/C21H30N4OS/c1-26-21(16-18-6-4-3-5-7-18)10-8-19(9-11-21)24-12-14-25(15-13-24)20(27-2)23-17-22/h3-7,19H,8-16H2,1-2H3. The van der Waals surface area contributed by atoms with Crippen molar-refractivity contribution in [2.45, 2.75) is 43.7 Å². The Labute approximate surface area is 167 Å². The third-order valence-electron chi connectivity index (χ3n) is 6.10. The molecule has 0 bridgehead atoms. The normalized spacial score (nSPS) is 27.4. The van der Waals surface area contributed by atoms with E-state index in [0.717, 1.165) is 50.6 Å². The number of hydrogen-bond donors (Lipinski definition) is 0. The minimum atomic E-state index is -0.00878. The predicted molar refractivity (Wildman–Crippen MR) is 112 cm³/mol. The highest BCUT2D eigenvalue weighted by atomic mass is 32.2. The number of piperazine rings is 1. The van der Waals surface area contributed by atoms with E-state index < -0.39 is 0 Å². The molecular formula is C21H30N4OS. The van der Waals surface area contributed by atoms with Gasteiger partial charge in [0, 0.05) is 45.8 Å². The Hall–Kier alpha value is -1.55. The van der Waals surface area contributed by atoms with Gasteiger partial charge in [-0.25, -0.2) is 0 Å². The fourth-order valence-corrected chi connectivity index (χ4v) is 5.05. The van der Waals surface area contributed by atoms with Gasteiger partial charge in [-0.15, -0.1) is 4.99 Å². The molecule has 1 aromatic rings. The molecule has 1 aromatic carbocycles. The van der Waals surface area contributed by atoms with Gasteiger partial charge in [0.1, 0.15) is 0 Å². The summed E-state index contributed by atoms with van der Waals surface area (Å²) in [5.74, 6) is 0. The maximum Gasteiger partial charge on any atom is 0.208 e. The highest BCUT2D eigenvalue weighted by Crippen LogP contribution is 2.36. The Morgan fingerprint density at radius 1 is 1.22 bits per heavy atom. The maximum absolute atomic E-state index is 8.83. The topological polar surface area (TPSA) is 51.9 Å². The van der Waals surface area contributed by atoms with Crippen molar-refractivity contribution in [2.75, 3.05) is 39.5 Å². The van der Waals surface area contributed by atoms with Gasteiger partial charge >= 0.3 is 0 Å². The van der Waals surface area contributed by atoms with Crippen molar-refractivity contribution in [1.29, 1.82) is 5.26 Å². The quantitative estimate of drug-likeness (QED) is 0.451. The highest BCUT2D eigenvalue weighted by molar-refractivity contribution is 8.13. The largest absolute Gasteiger partial charge is 0.378 e. The Morgan fingerprint density at radius 2 is 1.89 bits per heavy atom. The van der Waals surface area contributed by atoms with Gasteiger partial charge in [0.15, 0.2) is 5.17 Å². The summed E-state index contributed by atoms with van der Waals surface area (Å²) in [5.41, 5.74) is 1.36. The molecule has 0 amide bonds. The van der Waals surface area contributed by atoms with Gasteiger partial charge in [0.2, 0.25) is 6.19 Å². The van der Waals surface area contributed by atoms with Crippen LogP contribution in [0, 0.1) is 11.5 Å². The van der Waals surface area contributed by atoms with Gasteiger partial charge in [-0.2, -0.15) is 5.26 Å². The van der Waals surface area contributed by atoms with E-state index in [-0.39, 0.29) is 5.60 Å². The first-order valence-electron chi connectivity index (χ1n) is 9.78. The van der Waals surface area contributed by atoms with Gasteiger partial charge in [0.05, 0.1) is 5.60 Å². The number of benzene rings is 1.